The van der Waals surface area contributed by atoms with Gasteiger partial charge in [0.05, 0.1) is 0 Å². The second kappa shape index (κ2) is 17.5. The number of nitrogens with zero attached hydrogens (tertiary/aromatic N) is 4. The number of benzene rings is 2. The van der Waals surface area contributed by atoms with Crippen LogP contribution in [0.25, 0.3) is 0 Å². The van der Waals surface area contributed by atoms with E-state index in [2.05, 4.69) is 150 Å². The van der Waals surface area contributed by atoms with E-state index in [0.717, 1.165) is 12.1 Å². The second-order valence-corrected chi connectivity index (χ2v) is 15.3. The molecule has 4 aliphatic rings. The van der Waals surface area contributed by atoms with Crippen molar-refractivity contribution >= 4 is 11.4 Å². The van der Waals surface area contributed by atoms with Gasteiger partial charge in [0, 0.05) is 23.5 Å². The van der Waals surface area contributed by atoms with E-state index in [9.17, 15) is 0 Å². The molecule has 2 heterocycles. The van der Waals surface area contributed by atoms with Gasteiger partial charge in [0.2, 0.25) is 0 Å². The molecular weight excluding hydrogens is 668 g/mol. The summed E-state index contributed by atoms with van der Waals surface area (Å²) in [5.41, 5.74) is 8.29. The van der Waals surface area contributed by atoms with Crippen molar-refractivity contribution in [2.24, 2.45) is 0 Å². The molecule has 0 N–H and O–H groups in total. The van der Waals surface area contributed by atoms with E-state index >= 15 is 0 Å². The molecule has 0 radical (unpaired) electrons. The predicted molar refractivity (Wildman–Crippen MR) is 199 cm³/mol. The van der Waals surface area contributed by atoms with Crippen LogP contribution < -0.4 is 9.80 Å². The number of hydrogen-bond acceptors (Lipinski definition) is 4. The normalized spacial score (nSPS) is 19.0. The maximum atomic E-state index is 2.48. The molecule has 0 aromatic heterocycles. The Balaban J connectivity index is 0.000000236. The van der Waals surface area contributed by atoms with Crippen molar-refractivity contribution in [2.45, 2.75) is 155 Å². The number of para-hydroxylation sites is 2. The monoisotopic (exact) mass is 729 g/mol. The Bertz CT molecular complexity index is 1170. The van der Waals surface area contributed by atoms with Crippen LogP contribution in [-0.4, -0.2) is 21.9 Å². The molecule has 47 heavy (non-hydrogen) atoms. The first kappa shape index (κ1) is 37.7. The quantitative estimate of drug-likeness (QED) is 0.198. The van der Waals surface area contributed by atoms with E-state index in [-0.39, 0.29) is 22.4 Å². The molecule has 2 fully saturated rings. The van der Waals surface area contributed by atoms with Gasteiger partial charge in [-0.25, -0.2) is 0 Å². The third-order valence-corrected chi connectivity index (χ3v) is 10.5. The van der Waals surface area contributed by atoms with Gasteiger partial charge >= 0.3 is 22.4 Å². The van der Waals surface area contributed by atoms with Crippen molar-refractivity contribution < 1.29 is 22.4 Å². The van der Waals surface area contributed by atoms with Crippen molar-refractivity contribution in [3.63, 3.8) is 0 Å². The molecule has 262 valence electrons. The second-order valence-electron chi connectivity index (χ2n) is 15.3. The molecule has 2 aliphatic carbocycles. The Morgan fingerprint density at radius 1 is 0.468 bits per heavy atom. The van der Waals surface area contributed by atoms with Crippen LogP contribution in [0.2, 0.25) is 0 Å². The van der Waals surface area contributed by atoms with Gasteiger partial charge < -0.3 is 19.6 Å². The minimum Gasteiger partial charge on any atom is -0.506 e. The summed E-state index contributed by atoms with van der Waals surface area (Å²) in [4.78, 5) is 9.61. The van der Waals surface area contributed by atoms with Gasteiger partial charge in [-0.2, -0.15) is 6.67 Å². The zero-order chi connectivity index (χ0) is 32.8. The van der Waals surface area contributed by atoms with Crippen molar-refractivity contribution in [1.29, 1.82) is 0 Å². The molecule has 6 rings (SSSR count). The average Bonchev–Trinajstić information content (AvgIpc) is 3.76. The summed E-state index contributed by atoms with van der Waals surface area (Å²) in [7, 11) is 0. The van der Waals surface area contributed by atoms with Crippen LogP contribution in [0.4, 0.5) is 11.4 Å². The van der Waals surface area contributed by atoms with Gasteiger partial charge in [0.25, 0.3) is 0 Å². The maximum absolute atomic E-state index is 2.48. The summed E-state index contributed by atoms with van der Waals surface area (Å²) in [5.74, 6) is 1.92. The van der Waals surface area contributed by atoms with Gasteiger partial charge in [-0.15, -0.1) is 6.67 Å². The van der Waals surface area contributed by atoms with Crippen LogP contribution in [0.5, 0.6) is 0 Å². The third kappa shape index (κ3) is 9.11. The summed E-state index contributed by atoms with van der Waals surface area (Å²) < 4.78 is 0. The number of anilines is 2. The van der Waals surface area contributed by atoms with Crippen molar-refractivity contribution in [3.8, 4) is 0 Å². The van der Waals surface area contributed by atoms with Crippen molar-refractivity contribution in [3.05, 3.63) is 96.8 Å². The molecule has 2 aromatic carbocycles. The summed E-state index contributed by atoms with van der Waals surface area (Å²) in [6.07, 6.45) is 23.2. The van der Waals surface area contributed by atoms with E-state index in [4.69, 9.17) is 0 Å². The summed E-state index contributed by atoms with van der Waals surface area (Å²) in [6, 6.07) is 15.1. The van der Waals surface area contributed by atoms with Crippen molar-refractivity contribution in [1.82, 2.24) is 9.80 Å². The van der Waals surface area contributed by atoms with Crippen LogP contribution >= 0.6 is 0 Å². The molecular formula is C42H62AgN4-. The fraction of sp³-hybridized carbons (Fsp3) is 0.571. The fourth-order valence-corrected chi connectivity index (χ4v) is 7.81. The van der Waals surface area contributed by atoms with Crippen LogP contribution in [0, 0.1) is 13.3 Å². The molecule has 0 atom stereocenters. The zero-order valence-electron chi connectivity index (χ0n) is 30.6. The Labute approximate surface area is 304 Å². The summed E-state index contributed by atoms with van der Waals surface area (Å²) in [6.45, 7) is 22.9. The topological polar surface area (TPSA) is 13.0 Å². The van der Waals surface area contributed by atoms with E-state index in [1.165, 1.54) is 97.8 Å². The first-order chi connectivity index (χ1) is 22.2. The molecule has 2 aliphatic heterocycles. The van der Waals surface area contributed by atoms with Gasteiger partial charge in [-0.1, -0.05) is 130 Å². The van der Waals surface area contributed by atoms with E-state index in [0.29, 0.717) is 23.7 Å². The minimum absolute atomic E-state index is 0. The molecule has 0 bridgehead atoms. The molecule has 5 heteroatoms. The average molecular weight is 731 g/mol. The van der Waals surface area contributed by atoms with E-state index in [1.54, 1.807) is 0 Å². The van der Waals surface area contributed by atoms with Crippen LogP contribution in [-0.2, 0) is 22.4 Å². The first-order valence-corrected chi connectivity index (χ1v) is 18.6. The maximum Gasteiger partial charge on any atom is 1.00 e. The molecule has 0 unspecified atom stereocenters. The van der Waals surface area contributed by atoms with Gasteiger partial charge in [-0.3, -0.25) is 0 Å². The van der Waals surface area contributed by atoms with E-state index in [1.807, 2.05) is 0 Å². The largest absolute Gasteiger partial charge is 1.00 e. The van der Waals surface area contributed by atoms with Gasteiger partial charge in [0.1, 0.15) is 0 Å². The predicted octanol–water partition coefficient (Wildman–Crippen LogP) is 12.0. The molecule has 2 saturated carbocycles. The standard InChI is InChI=1S/C27H37N2.C15H25N2.Ag/c1-18(2)22-11-9-12-23(19(3)4)26(22)28-15-16-29(17-28)27-24(20(5)6)13-10-14-25(27)21(7)8;1-3-7-14(8-4-1)16-11-12-17(13-16)15-9-5-2-6-10-15;/h9-21H,1-8H3;11-15H,1-10H2;/q2*-1;+1. The molecule has 0 spiro atoms. The van der Waals surface area contributed by atoms with Gasteiger partial charge in [-0.05, 0) is 96.4 Å². The SMILES string of the molecule is C1=CN(C2CCCCC2)[CH-]N1C1CCCCC1.CC(C)c1cccc(C(C)C)c1N1C=CN(c2c(C(C)C)cccc2C(C)C)[CH-]1.[Ag+]. The van der Waals surface area contributed by atoms with Crippen LogP contribution in [0.15, 0.2) is 61.2 Å². The zero-order valence-corrected chi connectivity index (χ0v) is 32.0. The first-order valence-electron chi connectivity index (χ1n) is 18.6. The van der Waals surface area contributed by atoms with E-state index < -0.39 is 0 Å². The Hall–Kier alpha value is -2.14. The number of rotatable bonds is 8. The van der Waals surface area contributed by atoms with Gasteiger partial charge in [0.15, 0.2) is 0 Å². The molecule has 2 aromatic rings. The van der Waals surface area contributed by atoms with Crippen molar-refractivity contribution in [2.75, 3.05) is 9.80 Å². The third-order valence-electron chi connectivity index (χ3n) is 10.5. The smallest absolute Gasteiger partial charge is 0.506 e. The molecule has 4 nitrogen and oxygen atoms in total. The van der Waals surface area contributed by atoms with Crippen LogP contribution in [0.1, 0.15) is 166 Å². The summed E-state index contributed by atoms with van der Waals surface area (Å²) >= 11 is 0. The Morgan fingerprint density at radius 2 is 0.787 bits per heavy atom. The fourth-order valence-electron chi connectivity index (χ4n) is 7.81. The Kier molecular flexibility index (Phi) is 14.0. The molecule has 0 amide bonds. The number of hydrogen-bond donors (Lipinski definition) is 0. The minimum atomic E-state index is 0. The van der Waals surface area contributed by atoms with Crippen LogP contribution in [0.3, 0.4) is 0 Å². The summed E-state index contributed by atoms with van der Waals surface area (Å²) in [5, 5.41) is 0. The Morgan fingerprint density at radius 3 is 1.09 bits per heavy atom. The molecule has 0 saturated heterocycles.